The molecule has 0 unspecified atom stereocenters. The van der Waals surface area contributed by atoms with Crippen molar-refractivity contribution in [3.05, 3.63) is 17.2 Å². The Kier molecular flexibility index (Phi) is 42.7. The predicted octanol–water partition coefficient (Wildman–Crippen LogP) is 14.6. The number of nitrogens with zero attached hydrogens (tertiary/aromatic N) is 2. The van der Waals surface area contributed by atoms with Gasteiger partial charge in [0, 0.05) is 19.3 Å². The summed E-state index contributed by atoms with van der Waals surface area (Å²) in [5.41, 5.74) is 3.48. The first-order valence-corrected chi connectivity index (χ1v) is 25.8. The highest BCUT2D eigenvalue weighted by Gasteiger charge is 2.27. The SMILES string of the molecule is CCCCCCCCCCCCc1c(CCCCCCCCCCCC)[n+](C)c(CCCCCCCCCCCC)n1CCCCCCCCCCCC.[Cl-]. The van der Waals surface area contributed by atoms with Gasteiger partial charge in [-0.2, -0.15) is 0 Å². The first-order valence-electron chi connectivity index (χ1n) is 25.8. The fourth-order valence-electron chi connectivity index (χ4n) is 9.09. The number of hydrogen-bond donors (Lipinski definition) is 0. The van der Waals surface area contributed by atoms with E-state index in [9.17, 15) is 0 Å². The minimum absolute atomic E-state index is 0. The minimum atomic E-state index is 0. The van der Waals surface area contributed by atoms with Crippen LogP contribution < -0.4 is 17.0 Å². The fourth-order valence-corrected chi connectivity index (χ4v) is 9.09. The van der Waals surface area contributed by atoms with Crippen molar-refractivity contribution in [1.29, 1.82) is 0 Å². The molecule has 0 bridgehead atoms. The lowest BCUT2D eigenvalue weighted by molar-refractivity contribution is -0.686. The van der Waals surface area contributed by atoms with E-state index in [1.54, 1.807) is 17.2 Å². The van der Waals surface area contributed by atoms with Crippen LogP contribution in [0.15, 0.2) is 0 Å². The Morgan fingerprint density at radius 1 is 0.309 bits per heavy atom. The normalized spacial score (nSPS) is 11.5. The van der Waals surface area contributed by atoms with E-state index in [0.29, 0.717) is 0 Å². The van der Waals surface area contributed by atoms with Crippen LogP contribution in [0.3, 0.4) is 0 Å². The van der Waals surface area contributed by atoms with Gasteiger partial charge in [-0.3, -0.25) is 0 Å². The van der Waals surface area contributed by atoms with E-state index in [-0.39, 0.29) is 12.4 Å². The van der Waals surface area contributed by atoms with E-state index in [1.807, 2.05) is 0 Å². The van der Waals surface area contributed by atoms with E-state index < -0.39 is 0 Å². The van der Waals surface area contributed by atoms with E-state index in [1.165, 1.54) is 283 Å². The van der Waals surface area contributed by atoms with Gasteiger partial charge in [0.25, 0.3) is 5.82 Å². The van der Waals surface area contributed by atoms with E-state index in [2.05, 4.69) is 43.9 Å². The summed E-state index contributed by atoms with van der Waals surface area (Å²) < 4.78 is 5.65. The van der Waals surface area contributed by atoms with Crippen LogP contribution in [-0.2, 0) is 32.9 Å². The van der Waals surface area contributed by atoms with Gasteiger partial charge in [-0.1, -0.05) is 252 Å². The van der Waals surface area contributed by atoms with Gasteiger partial charge in [0.05, 0.1) is 13.6 Å². The van der Waals surface area contributed by atoms with Gasteiger partial charge in [0.2, 0.25) is 0 Å². The van der Waals surface area contributed by atoms with Gasteiger partial charge in [-0.15, -0.1) is 0 Å². The molecule has 0 aromatic carbocycles. The van der Waals surface area contributed by atoms with Crippen molar-refractivity contribution in [1.82, 2.24) is 4.57 Å². The van der Waals surface area contributed by atoms with E-state index in [0.717, 1.165) is 0 Å². The number of aromatic nitrogens is 2. The first kappa shape index (κ1) is 54.5. The average Bonchev–Trinajstić information content (AvgIpc) is 3.42. The van der Waals surface area contributed by atoms with Gasteiger partial charge in [-0.05, 0) is 32.1 Å². The number of halogens is 1. The molecule has 1 aromatic rings. The Hall–Kier alpha value is -0.500. The molecule has 0 N–H and O–H groups in total. The maximum absolute atomic E-state index is 2.91. The van der Waals surface area contributed by atoms with Crippen LogP contribution in [0.2, 0.25) is 0 Å². The van der Waals surface area contributed by atoms with Crippen molar-refractivity contribution in [3.8, 4) is 0 Å². The molecule has 1 heterocycles. The quantitative estimate of drug-likeness (QED) is 0.0460. The first-order chi connectivity index (χ1) is 26.7. The molecule has 1 aromatic heterocycles. The number of imidazole rings is 1. The predicted molar refractivity (Wildman–Crippen MR) is 244 cm³/mol. The van der Waals surface area contributed by atoms with Crippen LogP contribution >= 0.6 is 0 Å². The smallest absolute Gasteiger partial charge is 0.256 e. The molecule has 1 rings (SSSR count). The molecule has 0 aliphatic rings. The second-order valence-corrected chi connectivity index (χ2v) is 18.0. The Balaban J connectivity index is 0.0000292. The molecule has 0 amide bonds. The van der Waals surface area contributed by atoms with E-state index >= 15 is 0 Å². The summed E-state index contributed by atoms with van der Waals surface area (Å²) in [5.74, 6) is 1.68. The minimum Gasteiger partial charge on any atom is -1.00 e. The lowest BCUT2D eigenvalue weighted by Crippen LogP contribution is -3.00. The topological polar surface area (TPSA) is 8.81 Å². The largest absolute Gasteiger partial charge is 1.00 e. The monoisotopic (exact) mass is 791 g/mol. The molecule has 0 fully saturated rings. The van der Waals surface area contributed by atoms with Gasteiger partial charge in [0.15, 0.2) is 0 Å². The third kappa shape index (κ3) is 31.1. The Morgan fingerprint density at radius 3 is 0.891 bits per heavy atom. The van der Waals surface area contributed by atoms with Crippen molar-refractivity contribution >= 4 is 0 Å². The van der Waals surface area contributed by atoms with Crippen LogP contribution in [0.4, 0.5) is 0 Å². The lowest BCUT2D eigenvalue weighted by Gasteiger charge is -2.08. The molecule has 3 heteroatoms. The molecule has 0 aliphatic heterocycles. The zero-order valence-corrected chi connectivity index (χ0v) is 39.6. The molecule has 2 nitrogen and oxygen atoms in total. The summed E-state index contributed by atoms with van der Waals surface area (Å²) in [4.78, 5) is 0. The summed E-state index contributed by atoms with van der Waals surface area (Å²) in [7, 11) is 2.47. The van der Waals surface area contributed by atoms with Crippen LogP contribution in [0.1, 0.15) is 302 Å². The van der Waals surface area contributed by atoms with Crippen LogP contribution in [-0.4, -0.2) is 4.57 Å². The maximum atomic E-state index is 2.91. The third-order valence-electron chi connectivity index (χ3n) is 12.8. The zero-order chi connectivity index (χ0) is 39.0. The number of unbranched alkanes of at least 4 members (excludes halogenated alkanes) is 36. The van der Waals surface area contributed by atoms with Crippen molar-refractivity contribution in [2.45, 2.75) is 310 Å². The highest BCUT2D eigenvalue weighted by atomic mass is 35.5. The number of hydrogen-bond acceptors (Lipinski definition) is 0. The van der Waals surface area contributed by atoms with Gasteiger partial charge < -0.3 is 12.4 Å². The summed E-state index contributed by atoms with van der Waals surface area (Å²) in [6.07, 6.45) is 61.1. The highest BCUT2D eigenvalue weighted by molar-refractivity contribution is 5.12. The van der Waals surface area contributed by atoms with Crippen LogP contribution in [0.5, 0.6) is 0 Å². The van der Waals surface area contributed by atoms with Gasteiger partial charge >= 0.3 is 0 Å². The Labute approximate surface area is 354 Å². The molecule has 0 saturated carbocycles. The van der Waals surface area contributed by atoms with Gasteiger partial charge in [-0.25, -0.2) is 9.13 Å². The molecular formula is C52H103ClN2. The van der Waals surface area contributed by atoms with Crippen LogP contribution in [0.25, 0.3) is 0 Å². The molecule has 0 spiro atoms. The van der Waals surface area contributed by atoms with Gasteiger partial charge in [0.1, 0.15) is 11.4 Å². The second kappa shape index (κ2) is 43.1. The summed E-state index contributed by atoms with van der Waals surface area (Å²) in [5, 5.41) is 0. The fraction of sp³-hybridized carbons (Fsp3) is 0.942. The Morgan fingerprint density at radius 2 is 0.564 bits per heavy atom. The molecule has 0 saturated heterocycles. The van der Waals surface area contributed by atoms with Crippen LogP contribution in [0, 0.1) is 0 Å². The summed E-state index contributed by atoms with van der Waals surface area (Å²) in [6.45, 7) is 10.6. The Bertz CT molecular complexity index is 821. The zero-order valence-electron chi connectivity index (χ0n) is 38.9. The molecule has 0 radical (unpaired) electrons. The molecule has 328 valence electrons. The number of rotatable bonds is 44. The van der Waals surface area contributed by atoms with Crippen molar-refractivity contribution in [2.75, 3.05) is 0 Å². The van der Waals surface area contributed by atoms with Crippen molar-refractivity contribution < 1.29 is 17.0 Å². The molecule has 0 aliphatic carbocycles. The molecular weight excluding hydrogens is 688 g/mol. The second-order valence-electron chi connectivity index (χ2n) is 18.0. The van der Waals surface area contributed by atoms with E-state index in [4.69, 9.17) is 0 Å². The van der Waals surface area contributed by atoms with Crippen molar-refractivity contribution in [2.24, 2.45) is 7.05 Å². The standard InChI is InChI=1S/C52H103N2.ClH/c1-6-10-14-18-22-26-30-34-38-42-46-50-51(47-43-39-35-31-27-23-19-15-11-7-2)54(49-45-41-37-33-29-25-21-17-13-9-4)52(53(50)5)48-44-40-36-32-28-24-20-16-12-8-3;/h6-49H2,1-5H3;1H/q+1;/p-1. The average molecular weight is 792 g/mol. The van der Waals surface area contributed by atoms with Crippen molar-refractivity contribution in [3.63, 3.8) is 0 Å². The summed E-state index contributed by atoms with van der Waals surface area (Å²) in [6, 6.07) is 0. The highest BCUT2D eigenvalue weighted by Crippen LogP contribution is 2.22. The molecule has 55 heavy (non-hydrogen) atoms. The summed E-state index contributed by atoms with van der Waals surface area (Å²) >= 11 is 0. The third-order valence-corrected chi connectivity index (χ3v) is 12.8. The lowest BCUT2D eigenvalue weighted by atomic mass is 10.0. The molecule has 0 atom stereocenters. The maximum Gasteiger partial charge on any atom is 0.256 e.